The number of nitrogens with zero attached hydrogens (tertiary/aromatic N) is 1. The first-order chi connectivity index (χ1) is 15.6. The van der Waals surface area contributed by atoms with Gasteiger partial charge in [-0.1, -0.05) is 13.3 Å². The maximum Gasteiger partial charge on any atom is 0.416 e. The number of nitrogens with one attached hydrogen (secondary N) is 1. The van der Waals surface area contributed by atoms with Crippen molar-refractivity contribution in [2.24, 2.45) is 17.8 Å². The highest BCUT2D eigenvalue weighted by Crippen LogP contribution is 2.37. The Balaban J connectivity index is 1.55. The van der Waals surface area contributed by atoms with Crippen LogP contribution in [-0.2, 0) is 20.9 Å². The summed E-state index contributed by atoms with van der Waals surface area (Å²) < 4.78 is 71.7. The summed E-state index contributed by atoms with van der Waals surface area (Å²) in [5.41, 5.74) is -0.851. The third-order valence-corrected chi connectivity index (χ3v) is 8.97. The molecule has 1 N–H and O–H groups in total. The van der Waals surface area contributed by atoms with Crippen LogP contribution in [0.15, 0.2) is 29.2 Å². The van der Waals surface area contributed by atoms with E-state index in [1.54, 1.807) is 0 Å². The van der Waals surface area contributed by atoms with Crippen LogP contribution in [0, 0.1) is 17.8 Å². The monoisotopic (exact) mass is 490 g/mol. The van der Waals surface area contributed by atoms with Gasteiger partial charge in [-0.25, -0.2) is 12.7 Å². The smallest absolute Gasteiger partial charge is 0.378 e. The van der Waals surface area contributed by atoms with Crippen LogP contribution in [0.3, 0.4) is 0 Å². The van der Waals surface area contributed by atoms with E-state index in [1.165, 1.54) is 11.4 Å². The zero-order chi connectivity index (χ0) is 24.1. The van der Waals surface area contributed by atoms with Crippen LogP contribution >= 0.6 is 0 Å². The second kappa shape index (κ2) is 11.5. The molecular formula is C24H37F3N2O3S. The van der Waals surface area contributed by atoms with Gasteiger partial charge < -0.3 is 10.1 Å². The molecule has 33 heavy (non-hydrogen) atoms. The molecule has 2 aliphatic rings. The number of rotatable bonds is 10. The number of benzene rings is 1. The first kappa shape index (κ1) is 26.4. The van der Waals surface area contributed by atoms with E-state index in [2.05, 4.69) is 12.2 Å². The van der Waals surface area contributed by atoms with E-state index in [9.17, 15) is 21.6 Å². The number of ether oxygens (including phenoxy) is 1. The zero-order valence-corrected chi connectivity index (χ0v) is 20.4. The second-order valence-electron chi connectivity index (χ2n) is 9.53. The van der Waals surface area contributed by atoms with Crippen molar-refractivity contribution in [1.29, 1.82) is 0 Å². The molecule has 1 heterocycles. The van der Waals surface area contributed by atoms with Crippen molar-refractivity contribution in [2.75, 3.05) is 33.3 Å². The SMILES string of the molecule is CCCCOC(C1CCC(CN(C)S(=O)(=O)c2ccc(C(F)(F)F)cc2)CC1)C1CCNC1. The lowest BCUT2D eigenvalue weighted by atomic mass is 9.76. The molecule has 1 saturated carbocycles. The summed E-state index contributed by atoms with van der Waals surface area (Å²) in [5, 5.41) is 3.45. The van der Waals surface area contributed by atoms with Gasteiger partial charge in [-0.05, 0) is 87.1 Å². The molecule has 1 aromatic carbocycles. The number of alkyl halides is 3. The highest BCUT2D eigenvalue weighted by molar-refractivity contribution is 7.89. The van der Waals surface area contributed by atoms with Gasteiger partial charge in [0.25, 0.3) is 0 Å². The molecule has 1 aliphatic heterocycles. The van der Waals surface area contributed by atoms with E-state index in [4.69, 9.17) is 4.74 Å². The fraction of sp³-hybridized carbons (Fsp3) is 0.750. The molecule has 1 aliphatic carbocycles. The molecule has 5 nitrogen and oxygen atoms in total. The highest BCUT2D eigenvalue weighted by Gasteiger charge is 2.36. The molecule has 0 spiro atoms. The standard InChI is InChI=1S/C24H37F3N2O3S/c1-3-4-15-32-23(20-13-14-28-16-20)19-7-5-18(6-8-19)17-29(2)33(30,31)22-11-9-21(10-12-22)24(25,26)27/h9-12,18-20,23,28H,3-8,13-17H2,1-2H3. The Morgan fingerprint density at radius 1 is 1.09 bits per heavy atom. The lowest BCUT2D eigenvalue weighted by molar-refractivity contribution is -0.137. The highest BCUT2D eigenvalue weighted by atomic mass is 32.2. The summed E-state index contributed by atoms with van der Waals surface area (Å²) >= 11 is 0. The summed E-state index contributed by atoms with van der Waals surface area (Å²) in [6, 6.07) is 3.73. The van der Waals surface area contributed by atoms with Crippen molar-refractivity contribution >= 4 is 10.0 Å². The topological polar surface area (TPSA) is 58.6 Å². The van der Waals surface area contributed by atoms with Gasteiger partial charge in [0.2, 0.25) is 10.0 Å². The minimum atomic E-state index is -4.49. The number of unbranched alkanes of at least 4 members (excludes halogenated alkanes) is 1. The molecule has 188 valence electrons. The first-order valence-corrected chi connectivity index (χ1v) is 13.5. The molecule has 2 atom stereocenters. The third-order valence-electron chi connectivity index (χ3n) is 7.13. The van der Waals surface area contributed by atoms with Gasteiger partial charge >= 0.3 is 6.18 Å². The van der Waals surface area contributed by atoms with Crippen molar-refractivity contribution < 1.29 is 26.3 Å². The molecule has 0 amide bonds. The van der Waals surface area contributed by atoms with E-state index in [0.29, 0.717) is 18.4 Å². The Morgan fingerprint density at radius 3 is 2.30 bits per heavy atom. The van der Waals surface area contributed by atoms with Crippen molar-refractivity contribution in [3.63, 3.8) is 0 Å². The van der Waals surface area contributed by atoms with Crippen LogP contribution in [0.5, 0.6) is 0 Å². The summed E-state index contributed by atoms with van der Waals surface area (Å²) in [6.07, 6.45) is 3.01. The van der Waals surface area contributed by atoms with Gasteiger partial charge in [0.05, 0.1) is 16.6 Å². The lowest BCUT2D eigenvalue weighted by Crippen LogP contribution is -2.38. The van der Waals surface area contributed by atoms with Gasteiger partial charge in [-0.2, -0.15) is 13.2 Å². The molecular weight excluding hydrogens is 453 g/mol. The van der Waals surface area contributed by atoms with Gasteiger partial charge in [0.15, 0.2) is 0 Å². The Morgan fingerprint density at radius 2 is 1.76 bits per heavy atom. The normalized spacial score (nSPS) is 25.5. The second-order valence-corrected chi connectivity index (χ2v) is 11.6. The van der Waals surface area contributed by atoms with E-state index in [1.807, 2.05) is 0 Å². The van der Waals surface area contributed by atoms with E-state index < -0.39 is 21.8 Å². The van der Waals surface area contributed by atoms with Crippen LogP contribution in [0.4, 0.5) is 13.2 Å². The van der Waals surface area contributed by atoms with E-state index in [0.717, 1.165) is 88.9 Å². The Hall–Kier alpha value is -1.16. The summed E-state index contributed by atoms with van der Waals surface area (Å²) in [6.45, 7) is 5.38. The third kappa shape index (κ3) is 6.93. The quantitative estimate of drug-likeness (QED) is 0.473. The molecule has 0 aromatic heterocycles. The first-order valence-electron chi connectivity index (χ1n) is 12.1. The molecule has 0 radical (unpaired) electrons. The van der Waals surface area contributed by atoms with E-state index in [-0.39, 0.29) is 16.9 Å². The van der Waals surface area contributed by atoms with Crippen LogP contribution in [0.1, 0.15) is 57.4 Å². The molecule has 3 rings (SSSR count). The van der Waals surface area contributed by atoms with Crippen LogP contribution in [0.25, 0.3) is 0 Å². The van der Waals surface area contributed by atoms with Crippen molar-refractivity contribution in [3.05, 3.63) is 29.8 Å². The average Bonchev–Trinajstić information content (AvgIpc) is 3.31. The fourth-order valence-electron chi connectivity index (χ4n) is 5.14. The predicted octanol–water partition coefficient (Wildman–Crippen LogP) is 4.93. The number of halogens is 3. The van der Waals surface area contributed by atoms with Gasteiger partial charge in [-0.3, -0.25) is 0 Å². The lowest BCUT2D eigenvalue weighted by Gasteiger charge is -2.37. The molecule has 1 saturated heterocycles. The Kier molecular flexibility index (Phi) is 9.23. The van der Waals surface area contributed by atoms with Gasteiger partial charge in [-0.15, -0.1) is 0 Å². The number of hydrogen-bond donors (Lipinski definition) is 1. The van der Waals surface area contributed by atoms with Gasteiger partial charge in [0.1, 0.15) is 0 Å². The summed E-state index contributed by atoms with van der Waals surface area (Å²) in [7, 11) is -2.31. The summed E-state index contributed by atoms with van der Waals surface area (Å²) in [4.78, 5) is -0.107. The molecule has 2 fully saturated rings. The molecule has 9 heteroatoms. The fourth-order valence-corrected chi connectivity index (χ4v) is 6.38. The van der Waals surface area contributed by atoms with Crippen LogP contribution in [-0.4, -0.2) is 52.1 Å². The van der Waals surface area contributed by atoms with Crippen LogP contribution in [0.2, 0.25) is 0 Å². The largest absolute Gasteiger partial charge is 0.416 e. The van der Waals surface area contributed by atoms with Crippen LogP contribution < -0.4 is 5.32 Å². The average molecular weight is 491 g/mol. The minimum Gasteiger partial charge on any atom is -0.378 e. The minimum absolute atomic E-state index is 0.107. The number of hydrogen-bond acceptors (Lipinski definition) is 4. The van der Waals surface area contributed by atoms with Crippen molar-refractivity contribution in [3.8, 4) is 0 Å². The molecule has 2 unspecified atom stereocenters. The van der Waals surface area contributed by atoms with E-state index >= 15 is 0 Å². The number of sulfonamides is 1. The zero-order valence-electron chi connectivity index (χ0n) is 19.6. The Bertz CT molecular complexity index is 832. The Labute approximate surface area is 196 Å². The predicted molar refractivity (Wildman–Crippen MR) is 122 cm³/mol. The van der Waals surface area contributed by atoms with Crippen molar-refractivity contribution in [1.82, 2.24) is 9.62 Å². The molecule has 1 aromatic rings. The van der Waals surface area contributed by atoms with Crippen molar-refractivity contribution in [2.45, 2.75) is 69.0 Å². The molecule has 0 bridgehead atoms. The summed E-state index contributed by atoms with van der Waals surface area (Å²) in [5.74, 6) is 1.29. The maximum absolute atomic E-state index is 12.9. The maximum atomic E-state index is 12.9. The van der Waals surface area contributed by atoms with Gasteiger partial charge in [0, 0.05) is 26.7 Å².